The summed E-state index contributed by atoms with van der Waals surface area (Å²) in [5, 5.41) is 9.56. The van der Waals surface area contributed by atoms with E-state index in [2.05, 4.69) is 0 Å². The van der Waals surface area contributed by atoms with Gasteiger partial charge >= 0.3 is 12.0 Å². The minimum absolute atomic E-state index is 0.110. The standard InChI is InChI=1S/C19H18N2O3/c22-18(23)16-12-20(11-14-6-1-3-7-15(14)16)19(24)21-10-9-13-5-2-4-8-17(13)21/h1-8,16H,9-12H2,(H,22,23). The molecular weight excluding hydrogens is 304 g/mol. The van der Waals surface area contributed by atoms with E-state index in [0.29, 0.717) is 13.1 Å². The number of hydrogen-bond donors (Lipinski definition) is 1. The summed E-state index contributed by atoms with van der Waals surface area (Å²) in [6.07, 6.45) is 0.842. The molecule has 5 heteroatoms. The van der Waals surface area contributed by atoms with Crippen LogP contribution in [0.3, 0.4) is 0 Å². The number of fused-ring (bicyclic) bond motifs is 2. The molecule has 2 heterocycles. The molecule has 0 bridgehead atoms. The molecule has 122 valence electrons. The van der Waals surface area contributed by atoms with Gasteiger partial charge in [-0.1, -0.05) is 42.5 Å². The molecule has 2 aliphatic rings. The van der Waals surface area contributed by atoms with Gasteiger partial charge in [0.15, 0.2) is 0 Å². The first-order valence-electron chi connectivity index (χ1n) is 8.10. The summed E-state index contributed by atoms with van der Waals surface area (Å²) < 4.78 is 0. The van der Waals surface area contributed by atoms with E-state index in [4.69, 9.17) is 0 Å². The topological polar surface area (TPSA) is 60.9 Å². The summed E-state index contributed by atoms with van der Waals surface area (Å²) >= 11 is 0. The first kappa shape index (κ1) is 14.8. The van der Waals surface area contributed by atoms with Crippen LogP contribution in [-0.4, -0.2) is 35.1 Å². The molecule has 0 fully saturated rings. The Morgan fingerprint density at radius 2 is 1.71 bits per heavy atom. The first-order chi connectivity index (χ1) is 11.6. The van der Waals surface area contributed by atoms with Crippen molar-refractivity contribution in [1.82, 2.24) is 4.90 Å². The van der Waals surface area contributed by atoms with Crippen molar-refractivity contribution >= 4 is 17.7 Å². The van der Waals surface area contributed by atoms with Crippen LogP contribution >= 0.6 is 0 Å². The van der Waals surface area contributed by atoms with Crippen LogP contribution in [0.15, 0.2) is 48.5 Å². The highest BCUT2D eigenvalue weighted by atomic mass is 16.4. The fourth-order valence-electron chi connectivity index (χ4n) is 3.67. The smallest absolute Gasteiger partial charge is 0.324 e. The van der Waals surface area contributed by atoms with Crippen LogP contribution in [0, 0.1) is 0 Å². The van der Waals surface area contributed by atoms with E-state index in [1.54, 1.807) is 9.80 Å². The van der Waals surface area contributed by atoms with Gasteiger partial charge in [0.25, 0.3) is 0 Å². The zero-order chi connectivity index (χ0) is 16.7. The van der Waals surface area contributed by atoms with Crippen LogP contribution < -0.4 is 4.90 Å². The quantitative estimate of drug-likeness (QED) is 0.878. The average Bonchev–Trinajstić information content (AvgIpc) is 3.04. The van der Waals surface area contributed by atoms with E-state index >= 15 is 0 Å². The number of carboxylic acid groups (broad SMARTS) is 1. The number of benzene rings is 2. The third kappa shape index (κ3) is 2.33. The average molecular weight is 322 g/mol. The molecule has 5 nitrogen and oxygen atoms in total. The predicted molar refractivity (Wildman–Crippen MR) is 90.1 cm³/mol. The van der Waals surface area contributed by atoms with Crippen molar-refractivity contribution in [3.63, 3.8) is 0 Å². The maximum Gasteiger partial charge on any atom is 0.324 e. The minimum atomic E-state index is -0.887. The molecular formula is C19H18N2O3. The SMILES string of the molecule is O=C(O)C1CN(C(=O)N2CCc3ccccc32)Cc2ccccc21. The number of para-hydroxylation sites is 1. The van der Waals surface area contributed by atoms with Gasteiger partial charge in [0.05, 0.1) is 5.92 Å². The molecule has 24 heavy (non-hydrogen) atoms. The molecule has 0 aliphatic carbocycles. The van der Waals surface area contributed by atoms with Crippen LogP contribution in [0.2, 0.25) is 0 Å². The van der Waals surface area contributed by atoms with E-state index < -0.39 is 11.9 Å². The van der Waals surface area contributed by atoms with Gasteiger partial charge in [0, 0.05) is 25.3 Å². The highest BCUT2D eigenvalue weighted by Crippen LogP contribution is 2.32. The number of hydrogen-bond acceptors (Lipinski definition) is 2. The largest absolute Gasteiger partial charge is 0.481 e. The lowest BCUT2D eigenvalue weighted by molar-refractivity contribution is -0.139. The molecule has 1 N–H and O–H groups in total. The van der Waals surface area contributed by atoms with Crippen molar-refractivity contribution in [2.24, 2.45) is 0 Å². The monoisotopic (exact) mass is 322 g/mol. The second kappa shape index (κ2) is 5.67. The number of anilines is 1. The molecule has 0 saturated heterocycles. The van der Waals surface area contributed by atoms with Crippen LogP contribution in [0.1, 0.15) is 22.6 Å². The zero-order valence-electron chi connectivity index (χ0n) is 13.2. The molecule has 2 amide bonds. The van der Waals surface area contributed by atoms with Crippen LogP contribution in [0.5, 0.6) is 0 Å². The Morgan fingerprint density at radius 1 is 1.00 bits per heavy atom. The molecule has 0 radical (unpaired) electrons. The van der Waals surface area contributed by atoms with Crippen molar-refractivity contribution in [3.05, 3.63) is 65.2 Å². The van der Waals surface area contributed by atoms with Gasteiger partial charge in [-0.05, 0) is 29.2 Å². The van der Waals surface area contributed by atoms with E-state index in [9.17, 15) is 14.7 Å². The second-order valence-electron chi connectivity index (χ2n) is 6.28. The summed E-state index contributed by atoms with van der Waals surface area (Å²) in [5.74, 6) is -1.56. The molecule has 4 rings (SSSR count). The Labute approximate surface area is 140 Å². The molecule has 2 aromatic carbocycles. The first-order valence-corrected chi connectivity index (χ1v) is 8.10. The zero-order valence-corrected chi connectivity index (χ0v) is 13.2. The van der Waals surface area contributed by atoms with Gasteiger partial charge in [0.2, 0.25) is 0 Å². The lowest BCUT2D eigenvalue weighted by Crippen LogP contribution is -2.47. The summed E-state index contributed by atoms with van der Waals surface area (Å²) in [7, 11) is 0. The number of carbonyl (C=O) groups excluding carboxylic acids is 1. The van der Waals surface area contributed by atoms with Gasteiger partial charge in [-0.25, -0.2) is 4.79 Å². The Balaban J connectivity index is 1.64. The molecule has 0 saturated carbocycles. The second-order valence-corrected chi connectivity index (χ2v) is 6.28. The van der Waals surface area contributed by atoms with Crippen LogP contribution in [-0.2, 0) is 17.8 Å². The summed E-state index contributed by atoms with van der Waals surface area (Å²) in [4.78, 5) is 28.1. The van der Waals surface area contributed by atoms with Crippen molar-refractivity contribution in [1.29, 1.82) is 0 Å². The number of aliphatic carboxylic acids is 1. The lowest BCUT2D eigenvalue weighted by atomic mass is 9.90. The summed E-state index contributed by atoms with van der Waals surface area (Å²) in [6.45, 7) is 1.31. The van der Waals surface area contributed by atoms with E-state index in [0.717, 1.165) is 28.8 Å². The Hall–Kier alpha value is -2.82. The number of carboxylic acids is 1. The van der Waals surface area contributed by atoms with Crippen molar-refractivity contribution in [3.8, 4) is 0 Å². The normalized spacial score (nSPS) is 18.9. The summed E-state index contributed by atoms with van der Waals surface area (Å²) in [6, 6.07) is 15.3. The van der Waals surface area contributed by atoms with Gasteiger partial charge in [-0.2, -0.15) is 0 Å². The molecule has 2 aliphatic heterocycles. The van der Waals surface area contributed by atoms with Gasteiger partial charge in [0.1, 0.15) is 0 Å². The van der Waals surface area contributed by atoms with E-state index in [-0.39, 0.29) is 12.6 Å². The fourth-order valence-corrected chi connectivity index (χ4v) is 3.67. The van der Waals surface area contributed by atoms with Gasteiger partial charge < -0.3 is 10.0 Å². The minimum Gasteiger partial charge on any atom is -0.481 e. The Morgan fingerprint density at radius 3 is 2.50 bits per heavy atom. The third-order valence-electron chi connectivity index (χ3n) is 4.88. The van der Waals surface area contributed by atoms with Crippen molar-refractivity contribution < 1.29 is 14.7 Å². The Bertz CT molecular complexity index is 818. The van der Waals surface area contributed by atoms with Crippen molar-refractivity contribution in [2.75, 3.05) is 18.0 Å². The molecule has 1 unspecified atom stereocenters. The summed E-state index contributed by atoms with van der Waals surface area (Å²) in [5.41, 5.74) is 3.83. The molecule has 0 spiro atoms. The van der Waals surface area contributed by atoms with Crippen molar-refractivity contribution in [2.45, 2.75) is 18.9 Å². The predicted octanol–water partition coefficient (Wildman–Crippen LogP) is 2.85. The maximum atomic E-state index is 13.0. The fraction of sp³-hybridized carbons (Fsp3) is 0.263. The van der Waals surface area contributed by atoms with Crippen LogP contribution in [0.4, 0.5) is 10.5 Å². The number of amides is 2. The number of carbonyl (C=O) groups is 2. The van der Waals surface area contributed by atoms with Crippen LogP contribution in [0.25, 0.3) is 0 Å². The lowest BCUT2D eigenvalue weighted by Gasteiger charge is -2.35. The molecule has 0 aromatic heterocycles. The van der Waals surface area contributed by atoms with E-state index in [1.807, 2.05) is 48.5 Å². The van der Waals surface area contributed by atoms with Gasteiger partial charge in [-0.3, -0.25) is 9.69 Å². The van der Waals surface area contributed by atoms with E-state index in [1.165, 1.54) is 0 Å². The number of rotatable bonds is 1. The molecule has 2 aromatic rings. The van der Waals surface area contributed by atoms with Gasteiger partial charge in [-0.15, -0.1) is 0 Å². The maximum absolute atomic E-state index is 13.0. The number of urea groups is 1. The Kier molecular flexibility index (Phi) is 3.49. The molecule has 1 atom stereocenters. The highest BCUT2D eigenvalue weighted by molar-refractivity contribution is 5.95. The highest BCUT2D eigenvalue weighted by Gasteiger charge is 2.35. The number of nitrogens with zero attached hydrogens (tertiary/aromatic N) is 2. The third-order valence-corrected chi connectivity index (χ3v) is 4.88.